The Balaban J connectivity index is 1.50. The molecule has 1 aliphatic heterocycles. The van der Waals surface area contributed by atoms with E-state index in [4.69, 9.17) is 9.47 Å². The van der Waals surface area contributed by atoms with E-state index in [0.717, 1.165) is 38.0 Å². The summed E-state index contributed by atoms with van der Waals surface area (Å²) in [6.45, 7) is 7.78. The number of piperidine rings is 1. The summed E-state index contributed by atoms with van der Waals surface area (Å²) in [7, 11) is 0. The van der Waals surface area contributed by atoms with Crippen LogP contribution in [-0.2, 0) is 14.3 Å². The van der Waals surface area contributed by atoms with Crippen LogP contribution in [0.1, 0.15) is 50.3 Å². The first-order valence-electron chi connectivity index (χ1n) is 11.5. The Hall–Kier alpha value is -2.31. The number of likely N-dealkylation sites (tertiary alicyclic amines) is 1. The molecule has 4 nitrogen and oxygen atoms in total. The van der Waals surface area contributed by atoms with E-state index in [9.17, 15) is 13.6 Å². The molecule has 1 unspecified atom stereocenters. The van der Waals surface area contributed by atoms with Crippen LogP contribution in [-0.4, -0.2) is 43.7 Å². The molecule has 1 aliphatic rings. The monoisotopic (exact) mass is 445 g/mol. The molecule has 6 heteroatoms. The molecule has 0 aliphatic carbocycles. The summed E-state index contributed by atoms with van der Waals surface area (Å²) in [5.74, 6) is 0.0752. The normalized spacial score (nSPS) is 20.1. The van der Waals surface area contributed by atoms with Crippen LogP contribution in [0.25, 0.3) is 0 Å². The van der Waals surface area contributed by atoms with Crippen LogP contribution >= 0.6 is 0 Å². The maximum Gasteiger partial charge on any atom is 0.306 e. The SMILES string of the molecule is CCOC(=O)C[C@H]1CCN(CCCOC(c2ccc(F)cc2)c2cccc(F)c2)C[C@H]1C. The van der Waals surface area contributed by atoms with E-state index in [0.29, 0.717) is 37.0 Å². The van der Waals surface area contributed by atoms with Crippen molar-refractivity contribution in [3.05, 3.63) is 71.3 Å². The number of nitrogens with zero attached hydrogens (tertiary/aromatic N) is 1. The van der Waals surface area contributed by atoms with Gasteiger partial charge in [0.15, 0.2) is 0 Å². The number of esters is 1. The number of carbonyl (C=O) groups is 1. The minimum Gasteiger partial charge on any atom is -0.466 e. The molecule has 1 heterocycles. The average Bonchev–Trinajstić information content (AvgIpc) is 2.76. The molecule has 32 heavy (non-hydrogen) atoms. The van der Waals surface area contributed by atoms with Crippen molar-refractivity contribution in [2.24, 2.45) is 11.8 Å². The van der Waals surface area contributed by atoms with E-state index in [1.54, 1.807) is 18.2 Å². The van der Waals surface area contributed by atoms with Gasteiger partial charge in [-0.25, -0.2) is 8.78 Å². The van der Waals surface area contributed by atoms with Crippen molar-refractivity contribution in [1.29, 1.82) is 0 Å². The van der Waals surface area contributed by atoms with E-state index >= 15 is 0 Å². The topological polar surface area (TPSA) is 38.8 Å². The molecule has 1 saturated heterocycles. The Labute approximate surface area is 189 Å². The molecule has 0 amide bonds. The highest BCUT2D eigenvalue weighted by atomic mass is 19.1. The van der Waals surface area contributed by atoms with E-state index < -0.39 is 6.10 Å². The molecule has 0 saturated carbocycles. The van der Waals surface area contributed by atoms with Crippen LogP contribution in [0.4, 0.5) is 8.78 Å². The number of benzene rings is 2. The minimum atomic E-state index is -0.444. The van der Waals surface area contributed by atoms with Gasteiger partial charge in [0.05, 0.1) is 6.61 Å². The number of halogens is 2. The molecular formula is C26H33F2NO3. The van der Waals surface area contributed by atoms with Crippen molar-refractivity contribution in [3.63, 3.8) is 0 Å². The van der Waals surface area contributed by atoms with Gasteiger partial charge < -0.3 is 14.4 Å². The van der Waals surface area contributed by atoms with Crippen molar-refractivity contribution in [1.82, 2.24) is 4.90 Å². The number of rotatable bonds is 10. The second-order valence-corrected chi connectivity index (χ2v) is 8.55. The highest BCUT2D eigenvalue weighted by molar-refractivity contribution is 5.69. The Morgan fingerprint density at radius 3 is 2.59 bits per heavy atom. The van der Waals surface area contributed by atoms with Gasteiger partial charge in [0.2, 0.25) is 0 Å². The maximum absolute atomic E-state index is 13.8. The molecule has 1 fully saturated rings. The zero-order valence-electron chi connectivity index (χ0n) is 18.9. The molecule has 0 aromatic heterocycles. The van der Waals surface area contributed by atoms with Gasteiger partial charge in [-0.05, 0) is 73.5 Å². The minimum absolute atomic E-state index is 0.101. The summed E-state index contributed by atoms with van der Waals surface area (Å²) >= 11 is 0. The third-order valence-electron chi connectivity index (χ3n) is 6.13. The molecule has 0 N–H and O–H groups in total. The third kappa shape index (κ3) is 7.10. The summed E-state index contributed by atoms with van der Waals surface area (Å²) in [4.78, 5) is 14.2. The summed E-state index contributed by atoms with van der Waals surface area (Å²) in [5, 5.41) is 0. The van der Waals surface area contributed by atoms with Gasteiger partial charge >= 0.3 is 5.97 Å². The average molecular weight is 446 g/mol. The summed E-state index contributed by atoms with van der Waals surface area (Å²) in [6, 6.07) is 12.5. The lowest BCUT2D eigenvalue weighted by molar-refractivity contribution is -0.145. The number of ether oxygens (including phenoxy) is 2. The smallest absolute Gasteiger partial charge is 0.306 e. The molecule has 2 aromatic rings. The predicted octanol–water partition coefficient (Wildman–Crippen LogP) is 5.37. The van der Waals surface area contributed by atoms with Gasteiger partial charge in [-0.1, -0.05) is 31.2 Å². The van der Waals surface area contributed by atoms with Crippen molar-refractivity contribution in [2.45, 2.75) is 39.2 Å². The largest absolute Gasteiger partial charge is 0.466 e. The number of carbonyl (C=O) groups excluding carboxylic acids is 1. The number of hydrogen-bond donors (Lipinski definition) is 0. The first kappa shape index (κ1) is 24.3. The Morgan fingerprint density at radius 2 is 1.91 bits per heavy atom. The summed E-state index contributed by atoms with van der Waals surface area (Å²) in [6.07, 6.45) is 1.88. The van der Waals surface area contributed by atoms with Gasteiger partial charge in [0.25, 0.3) is 0 Å². The van der Waals surface area contributed by atoms with E-state index in [1.807, 2.05) is 13.0 Å². The molecule has 0 spiro atoms. The van der Waals surface area contributed by atoms with E-state index in [2.05, 4.69) is 11.8 Å². The molecule has 3 atom stereocenters. The molecule has 174 valence electrons. The van der Waals surface area contributed by atoms with Crippen molar-refractivity contribution < 1.29 is 23.0 Å². The van der Waals surface area contributed by atoms with Gasteiger partial charge in [-0.3, -0.25) is 4.79 Å². The maximum atomic E-state index is 13.8. The Morgan fingerprint density at radius 1 is 1.12 bits per heavy atom. The highest BCUT2D eigenvalue weighted by Gasteiger charge is 2.28. The van der Waals surface area contributed by atoms with Crippen LogP contribution in [0.15, 0.2) is 48.5 Å². The van der Waals surface area contributed by atoms with Gasteiger partial charge in [-0.15, -0.1) is 0 Å². The third-order valence-corrected chi connectivity index (χ3v) is 6.13. The van der Waals surface area contributed by atoms with Crippen LogP contribution < -0.4 is 0 Å². The van der Waals surface area contributed by atoms with Crippen molar-refractivity contribution in [3.8, 4) is 0 Å². The van der Waals surface area contributed by atoms with Crippen LogP contribution in [0.2, 0.25) is 0 Å². The molecule has 3 rings (SSSR count). The van der Waals surface area contributed by atoms with Crippen molar-refractivity contribution >= 4 is 5.97 Å². The second-order valence-electron chi connectivity index (χ2n) is 8.55. The summed E-state index contributed by atoms with van der Waals surface area (Å²) < 4.78 is 38.4. The first-order valence-corrected chi connectivity index (χ1v) is 11.5. The lowest BCUT2D eigenvalue weighted by Crippen LogP contribution is -2.40. The zero-order chi connectivity index (χ0) is 22.9. The van der Waals surface area contributed by atoms with Crippen LogP contribution in [0.5, 0.6) is 0 Å². The van der Waals surface area contributed by atoms with Gasteiger partial charge in [0.1, 0.15) is 17.7 Å². The fraction of sp³-hybridized carbons (Fsp3) is 0.500. The lowest BCUT2D eigenvalue weighted by atomic mass is 9.84. The van der Waals surface area contributed by atoms with Crippen LogP contribution in [0.3, 0.4) is 0 Å². The lowest BCUT2D eigenvalue weighted by Gasteiger charge is -2.36. The highest BCUT2D eigenvalue weighted by Crippen LogP contribution is 2.28. The Kier molecular flexibility index (Phi) is 9.18. The Bertz CT molecular complexity index is 858. The standard InChI is InChI=1S/C26H33F2NO3/c1-3-31-25(30)17-21-12-14-29(18-19(21)2)13-5-15-32-26(20-8-10-23(27)11-9-20)22-6-4-7-24(28)16-22/h4,6-11,16,19,21,26H,3,5,12-15,17-18H2,1-2H3/t19-,21-,26?/m1/s1. The molecule has 2 aromatic carbocycles. The van der Waals surface area contributed by atoms with Crippen molar-refractivity contribution in [2.75, 3.05) is 32.8 Å². The van der Waals surface area contributed by atoms with Gasteiger partial charge in [0, 0.05) is 26.1 Å². The first-order chi connectivity index (χ1) is 15.5. The van der Waals surface area contributed by atoms with Crippen LogP contribution in [0, 0.1) is 23.5 Å². The van der Waals surface area contributed by atoms with Gasteiger partial charge in [-0.2, -0.15) is 0 Å². The molecule has 0 bridgehead atoms. The number of hydrogen-bond acceptors (Lipinski definition) is 4. The van der Waals surface area contributed by atoms with E-state index in [-0.39, 0.29) is 17.6 Å². The fourth-order valence-corrected chi connectivity index (χ4v) is 4.40. The quantitative estimate of drug-likeness (QED) is 0.364. The summed E-state index contributed by atoms with van der Waals surface area (Å²) in [5.41, 5.74) is 1.51. The molecule has 0 radical (unpaired) electrons. The zero-order valence-corrected chi connectivity index (χ0v) is 18.9. The van der Waals surface area contributed by atoms with E-state index in [1.165, 1.54) is 24.3 Å². The predicted molar refractivity (Wildman–Crippen MR) is 120 cm³/mol. The fourth-order valence-electron chi connectivity index (χ4n) is 4.40. The molecular weight excluding hydrogens is 412 g/mol. The second kappa shape index (κ2) is 12.1.